The molecule has 26 heavy (non-hydrogen) atoms. The number of aromatic nitrogens is 5. The van der Waals surface area contributed by atoms with Crippen molar-refractivity contribution in [3.05, 3.63) is 27.7 Å². The van der Waals surface area contributed by atoms with E-state index in [0.717, 1.165) is 0 Å². The highest BCUT2D eigenvalue weighted by Gasteiger charge is 2.32. The first-order chi connectivity index (χ1) is 12.3. The topological polar surface area (TPSA) is 104 Å². The molecule has 1 aliphatic heterocycles. The van der Waals surface area contributed by atoms with Gasteiger partial charge in [0.1, 0.15) is 10.7 Å². The molecule has 1 aliphatic rings. The second kappa shape index (κ2) is 6.97. The van der Waals surface area contributed by atoms with Gasteiger partial charge in [-0.3, -0.25) is 9.25 Å². The van der Waals surface area contributed by atoms with Gasteiger partial charge in [-0.25, -0.2) is 17.9 Å². The fourth-order valence-electron chi connectivity index (χ4n) is 3.26. The smallest absolute Gasteiger partial charge is 0.346 e. The first-order valence-corrected chi connectivity index (χ1v) is 9.87. The van der Waals surface area contributed by atoms with Crippen molar-refractivity contribution < 1.29 is 13.2 Å². The molecular formula is C15H24N6O4S. The summed E-state index contributed by atoms with van der Waals surface area (Å²) in [4.78, 5) is 12.7. The number of hydrogen-bond donors (Lipinski definition) is 0. The highest BCUT2D eigenvalue weighted by molar-refractivity contribution is 7.89. The maximum Gasteiger partial charge on any atom is 0.346 e. The van der Waals surface area contributed by atoms with Crippen LogP contribution >= 0.6 is 0 Å². The second-order valence-electron chi connectivity index (χ2n) is 6.34. The lowest BCUT2D eigenvalue weighted by Crippen LogP contribution is -2.35. The van der Waals surface area contributed by atoms with Gasteiger partial charge >= 0.3 is 5.69 Å². The summed E-state index contributed by atoms with van der Waals surface area (Å²) in [5.74, 6) is 0.600. The van der Waals surface area contributed by atoms with E-state index in [1.165, 1.54) is 8.99 Å². The molecule has 0 radical (unpaired) electrons. The highest BCUT2D eigenvalue weighted by Crippen LogP contribution is 2.24. The van der Waals surface area contributed by atoms with Crippen molar-refractivity contribution in [1.82, 2.24) is 28.4 Å². The Kier molecular flexibility index (Phi) is 5.04. The summed E-state index contributed by atoms with van der Waals surface area (Å²) < 4.78 is 37.1. The first kappa shape index (κ1) is 18.8. The van der Waals surface area contributed by atoms with Gasteiger partial charge in [0.25, 0.3) is 0 Å². The molecule has 11 heteroatoms. The SMILES string of the molecule is COCCn1nc2n(c1=O)CCN(S(=O)(=O)c1c(C)nn(C)c1C)CC2. The fourth-order valence-corrected chi connectivity index (χ4v) is 5.10. The summed E-state index contributed by atoms with van der Waals surface area (Å²) in [6.45, 7) is 4.98. The third kappa shape index (κ3) is 3.10. The van der Waals surface area contributed by atoms with E-state index in [0.29, 0.717) is 36.8 Å². The van der Waals surface area contributed by atoms with Crippen LogP contribution in [0.2, 0.25) is 0 Å². The van der Waals surface area contributed by atoms with Crippen LogP contribution in [-0.4, -0.2) is 63.7 Å². The summed E-state index contributed by atoms with van der Waals surface area (Å²) in [6.07, 6.45) is 0.382. The molecule has 0 unspecified atom stereocenters. The molecule has 0 atom stereocenters. The predicted octanol–water partition coefficient (Wildman–Crippen LogP) is -0.711. The van der Waals surface area contributed by atoms with Gasteiger partial charge in [0, 0.05) is 40.2 Å². The number of aryl methyl sites for hydroxylation is 2. The van der Waals surface area contributed by atoms with Crippen LogP contribution in [0.3, 0.4) is 0 Å². The summed E-state index contributed by atoms with van der Waals surface area (Å²) in [6, 6.07) is 0. The maximum atomic E-state index is 13.1. The molecule has 0 spiro atoms. The molecule has 0 amide bonds. The summed E-state index contributed by atoms with van der Waals surface area (Å²) in [5, 5.41) is 8.53. The van der Waals surface area contributed by atoms with Crippen LogP contribution < -0.4 is 5.69 Å². The summed E-state index contributed by atoms with van der Waals surface area (Å²) in [7, 11) is -0.388. The van der Waals surface area contributed by atoms with Crippen LogP contribution in [0.5, 0.6) is 0 Å². The molecule has 0 saturated carbocycles. The number of ether oxygens (including phenoxy) is 1. The number of methoxy groups -OCH3 is 1. The van der Waals surface area contributed by atoms with Crippen molar-refractivity contribution >= 4 is 10.0 Å². The van der Waals surface area contributed by atoms with Crippen LogP contribution in [0.1, 0.15) is 17.2 Å². The first-order valence-electron chi connectivity index (χ1n) is 8.43. The Bertz CT molecular complexity index is 971. The third-order valence-electron chi connectivity index (χ3n) is 4.70. The van der Waals surface area contributed by atoms with E-state index < -0.39 is 10.0 Å². The minimum atomic E-state index is -3.68. The average molecular weight is 384 g/mol. The lowest BCUT2D eigenvalue weighted by molar-refractivity contribution is 0.182. The molecular weight excluding hydrogens is 360 g/mol. The van der Waals surface area contributed by atoms with E-state index in [9.17, 15) is 13.2 Å². The van der Waals surface area contributed by atoms with Crippen molar-refractivity contribution in [2.24, 2.45) is 7.05 Å². The van der Waals surface area contributed by atoms with Crippen molar-refractivity contribution in [3.63, 3.8) is 0 Å². The van der Waals surface area contributed by atoms with Crippen LogP contribution in [0.15, 0.2) is 9.69 Å². The maximum absolute atomic E-state index is 13.1. The van der Waals surface area contributed by atoms with Crippen LogP contribution in [0.25, 0.3) is 0 Å². The van der Waals surface area contributed by atoms with Crippen LogP contribution in [-0.2, 0) is 41.3 Å². The number of fused-ring (bicyclic) bond motifs is 1. The summed E-state index contributed by atoms with van der Waals surface area (Å²) in [5.41, 5.74) is 0.852. The lowest BCUT2D eigenvalue weighted by atomic mass is 10.4. The average Bonchev–Trinajstić information content (AvgIpc) is 2.91. The Balaban J connectivity index is 1.86. The predicted molar refractivity (Wildman–Crippen MR) is 93.5 cm³/mol. The van der Waals surface area contributed by atoms with Crippen LogP contribution in [0, 0.1) is 13.8 Å². The fraction of sp³-hybridized carbons (Fsp3) is 0.667. The zero-order valence-corrected chi connectivity index (χ0v) is 16.3. The molecule has 0 aromatic carbocycles. The monoisotopic (exact) mass is 384 g/mol. The second-order valence-corrected chi connectivity index (χ2v) is 8.22. The van der Waals surface area contributed by atoms with E-state index in [1.807, 2.05) is 0 Å². The van der Waals surface area contributed by atoms with Gasteiger partial charge < -0.3 is 4.74 Å². The van der Waals surface area contributed by atoms with E-state index in [2.05, 4.69) is 10.2 Å². The van der Waals surface area contributed by atoms with Gasteiger partial charge in [0.05, 0.1) is 24.5 Å². The molecule has 3 rings (SSSR count). The Labute approximate surface area is 152 Å². The molecule has 0 bridgehead atoms. The van der Waals surface area contributed by atoms with E-state index >= 15 is 0 Å². The standard InChI is InChI=1S/C15H24N6O4S/c1-11-14(12(2)18(3)16-11)26(23,24)19-6-5-13-17-21(9-10-25-4)15(22)20(13)8-7-19/h5-10H2,1-4H3. The zero-order chi connectivity index (χ0) is 19.1. The third-order valence-corrected chi connectivity index (χ3v) is 6.86. The molecule has 0 N–H and O–H groups in total. The van der Waals surface area contributed by atoms with Gasteiger partial charge in [-0.05, 0) is 13.8 Å². The Hall–Kier alpha value is -1.98. The van der Waals surface area contributed by atoms with Gasteiger partial charge in [0.15, 0.2) is 0 Å². The normalized spacial score (nSPS) is 15.8. The Morgan fingerprint density at radius 1 is 1.15 bits per heavy atom. The molecule has 2 aromatic rings. The number of rotatable bonds is 5. The molecule has 3 heterocycles. The zero-order valence-electron chi connectivity index (χ0n) is 15.5. The minimum Gasteiger partial charge on any atom is -0.383 e. The van der Waals surface area contributed by atoms with Gasteiger partial charge in [-0.15, -0.1) is 0 Å². The van der Waals surface area contributed by atoms with Gasteiger partial charge in [-0.1, -0.05) is 0 Å². The van der Waals surface area contributed by atoms with E-state index in [4.69, 9.17) is 4.74 Å². The van der Waals surface area contributed by atoms with Crippen molar-refractivity contribution in [2.45, 2.75) is 38.3 Å². The molecule has 0 saturated heterocycles. The quantitative estimate of drug-likeness (QED) is 0.674. The molecule has 144 valence electrons. The van der Waals surface area contributed by atoms with E-state index in [1.54, 1.807) is 37.3 Å². The van der Waals surface area contributed by atoms with Crippen LogP contribution in [0.4, 0.5) is 0 Å². The largest absolute Gasteiger partial charge is 0.383 e. The lowest BCUT2D eigenvalue weighted by Gasteiger charge is -2.19. The van der Waals surface area contributed by atoms with Gasteiger partial charge in [0.2, 0.25) is 10.0 Å². The molecule has 0 aliphatic carbocycles. The van der Waals surface area contributed by atoms with E-state index in [-0.39, 0.29) is 30.2 Å². The Morgan fingerprint density at radius 3 is 2.50 bits per heavy atom. The van der Waals surface area contributed by atoms with Crippen molar-refractivity contribution in [3.8, 4) is 0 Å². The minimum absolute atomic E-state index is 0.221. The highest BCUT2D eigenvalue weighted by atomic mass is 32.2. The van der Waals surface area contributed by atoms with Crippen molar-refractivity contribution in [1.29, 1.82) is 0 Å². The van der Waals surface area contributed by atoms with Crippen molar-refractivity contribution in [2.75, 3.05) is 26.8 Å². The Morgan fingerprint density at radius 2 is 1.88 bits per heavy atom. The number of sulfonamides is 1. The molecule has 0 fully saturated rings. The number of hydrogen-bond acceptors (Lipinski definition) is 6. The summed E-state index contributed by atoms with van der Waals surface area (Å²) >= 11 is 0. The molecule has 10 nitrogen and oxygen atoms in total. The van der Waals surface area contributed by atoms with Gasteiger partial charge in [-0.2, -0.15) is 14.5 Å². The molecule has 2 aromatic heterocycles. The number of nitrogens with zero attached hydrogens (tertiary/aromatic N) is 6.